The van der Waals surface area contributed by atoms with E-state index in [1.807, 2.05) is 20.8 Å². The molecule has 0 aromatic carbocycles. The Hall–Kier alpha value is -1.83. The van der Waals surface area contributed by atoms with E-state index in [1.165, 1.54) is 24.0 Å². The first-order valence-electron chi connectivity index (χ1n) is 6.99. The van der Waals surface area contributed by atoms with Crippen molar-refractivity contribution in [2.45, 2.75) is 43.1 Å². The summed E-state index contributed by atoms with van der Waals surface area (Å²) < 4.78 is 5.35. The van der Waals surface area contributed by atoms with Gasteiger partial charge in [0.05, 0.1) is 9.95 Å². The zero-order valence-electron chi connectivity index (χ0n) is 12.8. The molecule has 1 aromatic heterocycles. The van der Waals surface area contributed by atoms with Gasteiger partial charge in [-0.05, 0) is 33.3 Å². The van der Waals surface area contributed by atoms with Crippen molar-refractivity contribution >= 4 is 23.5 Å². The smallest absolute Gasteiger partial charge is 0.410 e. The Balaban J connectivity index is 1.88. The van der Waals surface area contributed by atoms with Crippen LogP contribution in [0, 0.1) is 10.1 Å². The summed E-state index contributed by atoms with van der Waals surface area (Å²) in [4.78, 5) is 27.9. The molecular formula is C14H19N3O4S. The van der Waals surface area contributed by atoms with Crippen LogP contribution in [-0.4, -0.2) is 44.8 Å². The van der Waals surface area contributed by atoms with Gasteiger partial charge in [0.2, 0.25) is 0 Å². The zero-order chi connectivity index (χ0) is 16.3. The van der Waals surface area contributed by atoms with Gasteiger partial charge in [0, 0.05) is 24.4 Å². The highest BCUT2D eigenvalue weighted by Crippen LogP contribution is 2.29. The second kappa shape index (κ2) is 6.51. The van der Waals surface area contributed by atoms with Crippen molar-refractivity contribution in [3.63, 3.8) is 0 Å². The molecule has 0 radical (unpaired) electrons. The fraction of sp³-hybridized carbons (Fsp3) is 0.571. The Labute approximate surface area is 133 Å². The molecule has 1 aliphatic rings. The van der Waals surface area contributed by atoms with E-state index in [2.05, 4.69) is 4.98 Å². The third-order valence-electron chi connectivity index (χ3n) is 3.02. The van der Waals surface area contributed by atoms with Gasteiger partial charge in [0.15, 0.2) is 0 Å². The molecule has 0 aliphatic carbocycles. The fourth-order valence-corrected chi connectivity index (χ4v) is 3.12. The fourth-order valence-electron chi connectivity index (χ4n) is 2.04. The van der Waals surface area contributed by atoms with Crippen LogP contribution >= 0.6 is 11.8 Å². The molecule has 2 heterocycles. The summed E-state index contributed by atoms with van der Waals surface area (Å²) in [7, 11) is 0. The number of likely N-dealkylation sites (tertiary alicyclic amines) is 1. The highest BCUT2D eigenvalue weighted by molar-refractivity contribution is 7.99. The van der Waals surface area contributed by atoms with Gasteiger partial charge in [0.25, 0.3) is 5.69 Å². The number of amides is 1. The molecule has 8 heteroatoms. The average Bonchev–Trinajstić information content (AvgIpc) is 2.86. The summed E-state index contributed by atoms with van der Waals surface area (Å²) in [6.45, 7) is 6.77. The van der Waals surface area contributed by atoms with E-state index < -0.39 is 10.5 Å². The van der Waals surface area contributed by atoms with Gasteiger partial charge in [-0.25, -0.2) is 9.78 Å². The number of nitrogens with zero attached hydrogens (tertiary/aromatic N) is 3. The average molecular weight is 325 g/mol. The van der Waals surface area contributed by atoms with Crippen LogP contribution < -0.4 is 0 Å². The first kappa shape index (κ1) is 16.5. The van der Waals surface area contributed by atoms with Gasteiger partial charge < -0.3 is 9.64 Å². The Morgan fingerprint density at radius 2 is 2.23 bits per heavy atom. The maximum atomic E-state index is 12.0. The lowest BCUT2D eigenvalue weighted by Crippen LogP contribution is -2.35. The summed E-state index contributed by atoms with van der Waals surface area (Å²) in [5.74, 6) is 0. The molecule has 1 unspecified atom stereocenters. The lowest BCUT2D eigenvalue weighted by Gasteiger charge is -2.24. The summed E-state index contributed by atoms with van der Waals surface area (Å²) in [5, 5.41) is 11.5. The molecule has 1 saturated heterocycles. The number of ether oxygens (including phenoxy) is 1. The molecule has 1 amide bonds. The first-order valence-corrected chi connectivity index (χ1v) is 7.87. The number of aromatic nitrogens is 1. The third kappa shape index (κ3) is 4.59. The minimum atomic E-state index is -0.498. The molecule has 0 N–H and O–H groups in total. The van der Waals surface area contributed by atoms with E-state index in [0.29, 0.717) is 13.1 Å². The molecule has 0 saturated carbocycles. The van der Waals surface area contributed by atoms with E-state index in [4.69, 9.17) is 4.74 Å². The minimum Gasteiger partial charge on any atom is -0.444 e. The van der Waals surface area contributed by atoms with Gasteiger partial charge in [0.1, 0.15) is 11.8 Å². The van der Waals surface area contributed by atoms with Crippen molar-refractivity contribution in [1.82, 2.24) is 9.88 Å². The van der Waals surface area contributed by atoms with Gasteiger partial charge >= 0.3 is 6.09 Å². The quantitative estimate of drug-likeness (QED) is 0.627. The number of thioether (sulfide) groups is 1. The molecule has 1 atom stereocenters. The molecular weight excluding hydrogens is 306 g/mol. The molecule has 0 spiro atoms. The summed E-state index contributed by atoms with van der Waals surface area (Å²) in [6.07, 6.45) is 1.80. The van der Waals surface area contributed by atoms with Gasteiger partial charge in [-0.2, -0.15) is 0 Å². The summed E-state index contributed by atoms with van der Waals surface area (Å²) in [6, 6.07) is 3.08. The van der Waals surface area contributed by atoms with Crippen LogP contribution in [-0.2, 0) is 4.74 Å². The van der Waals surface area contributed by atoms with Gasteiger partial charge in [-0.15, -0.1) is 11.8 Å². The lowest BCUT2D eigenvalue weighted by molar-refractivity contribution is -0.385. The maximum Gasteiger partial charge on any atom is 0.410 e. The van der Waals surface area contributed by atoms with Crippen LogP contribution in [0.3, 0.4) is 0 Å². The monoisotopic (exact) mass is 325 g/mol. The Kier molecular flexibility index (Phi) is 4.90. The number of carbonyl (C=O) groups excluding carboxylic acids is 1. The Morgan fingerprint density at radius 1 is 1.50 bits per heavy atom. The summed E-state index contributed by atoms with van der Waals surface area (Å²) in [5.41, 5.74) is -0.520. The highest BCUT2D eigenvalue weighted by Gasteiger charge is 2.30. The molecule has 1 fully saturated rings. The topological polar surface area (TPSA) is 85.6 Å². The van der Waals surface area contributed by atoms with E-state index in [-0.39, 0.29) is 17.0 Å². The van der Waals surface area contributed by atoms with Crippen LogP contribution in [0.25, 0.3) is 0 Å². The first-order chi connectivity index (χ1) is 10.2. The molecule has 0 bridgehead atoms. The number of hydrogen-bond acceptors (Lipinski definition) is 6. The van der Waals surface area contributed by atoms with Gasteiger partial charge in [-0.1, -0.05) is 0 Å². The molecule has 7 nitrogen and oxygen atoms in total. The predicted molar refractivity (Wildman–Crippen MR) is 83.0 cm³/mol. The largest absolute Gasteiger partial charge is 0.444 e. The van der Waals surface area contributed by atoms with Crippen molar-refractivity contribution in [2.75, 3.05) is 13.1 Å². The van der Waals surface area contributed by atoms with Crippen LogP contribution in [0.5, 0.6) is 0 Å². The predicted octanol–water partition coefficient (Wildman–Crippen LogP) is 3.09. The summed E-state index contributed by atoms with van der Waals surface area (Å²) >= 11 is 1.53. The second-order valence-electron chi connectivity index (χ2n) is 6.07. The van der Waals surface area contributed by atoms with Gasteiger partial charge in [-0.3, -0.25) is 10.1 Å². The van der Waals surface area contributed by atoms with E-state index in [9.17, 15) is 14.9 Å². The highest BCUT2D eigenvalue weighted by atomic mass is 32.2. The number of pyridine rings is 1. The SMILES string of the molecule is CC(C)(C)OC(=O)N1CCC(Sc2ccc([N+](=O)[O-])cn2)C1. The number of carbonyl (C=O) groups is 1. The molecule has 1 aliphatic heterocycles. The normalized spacial score (nSPS) is 18.3. The van der Waals surface area contributed by atoms with Crippen molar-refractivity contribution in [2.24, 2.45) is 0 Å². The maximum absolute atomic E-state index is 12.0. The van der Waals surface area contributed by atoms with Crippen molar-refractivity contribution in [3.05, 3.63) is 28.4 Å². The van der Waals surface area contributed by atoms with Crippen molar-refractivity contribution < 1.29 is 14.5 Å². The molecule has 1 aromatic rings. The minimum absolute atomic E-state index is 0.0221. The van der Waals surface area contributed by atoms with E-state index in [0.717, 1.165) is 11.4 Å². The van der Waals surface area contributed by atoms with Crippen molar-refractivity contribution in [3.8, 4) is 0 Å². The Bertz CT molecular complexity index is 556. The third-order valence-corrected chi connectivity index (χ3v) is 4.22. The number of rotatable bonds is 3. The van der Waals surface area contributed by atoms with E-state index >= 15 is 0 Å². The molecule has 120 valence electrons. The van der Waals surface area contributed by atoms with Crippen molar-refractivity contribution in [1.29, 1.82) is 0 Å². The number of hydrogen-bond donors (Lipinski definition) is 0. The Morgan fingerprint density at radius 3 is 2.77 bits per heavy atom. The molecule has 2 rings (SSSR count). The van der Waals surface area contributed by atoms with Crippen LogP contribution in [0.2, 0.25) is 0 Å². The van der Waals surface area contributed by atoms with Crippen LogP contribution in [0.1, 0.15) is 27.2 Å². The molecule has 22 heavy (non-hydrogen) atoms. The van der Waals surface area contributed by atoms with E-state index in [1.54, 1.807) is 11.0 Å². The van der Waals surface area contributed by atoms with Crippen LogP contribution in [0.4, 0.5) is 10.5 Å². The standard InChI is InChI=1S/C14H19N3O4S/c1-14(2,3)21-13(18)16-7-6-11(9-16)22-12-5-4-10(8-15-12)17(19)20/h4-5,8,11H,6-7,9H2,1-3H3. The van der Waals surface area contributed by atoms with Crippen LogP contribution in [0.15, 0.2) is 23.4 Å². The zero-order valence-corrected chi connectivity index (χ0v) is 13.6. The lowest BCUT2D eigenvalue weighted by atomic mass is 10.2. The second-order valence-corrected chi connectivity index (χ2v) is 7.39. The number of nitro groups is 1.